The van der Waals surface area contributed by atoms with E-state index in [0.717, 1.165) is 25.1 Å². The molecule has 0 saturated heterocycles. The first kappa shape index (κ1) is 13.3. The largest absolute Gasteiger partial charge is 0.393 e. The number of fused-ring (bicyclic) bond motifs is 1. The van der Waals surface area contributed by atoms with Gasteiger partial charge in [0.25, 0.3) is 5.56 Å². The lowest BCUT2D eigenvalue weighted by atomic mass is 9.82. The van der Waals surface area contributed by atoms with Crippen molar-refractivity contribution in [3.05, 3.63) is 46.5 Å². The topological polar surface area (TPSA) is 57.8 Å². The van der Waals surface area contributed by atoms with Crippen LogP contribution < -0.4 is 5.56 Å². The van der Waals surface area contributed by atoms with Crippen LogP contribution in [0.5, 0.6) is 0 Å². The van der Waals surface area contributed by atoms with E-state index in [1.807, 2.05) is 25.2 Å². The Morgan fingerprint density at radius 3 is 3.00 bits per heavy atom. The lowest BCUT2D eigenvalue weighted by molar-refractivity contribution is 0.0272. The zero-order chi connectivity index (χ0) is 14.1. The molecule has 1 aliphatic rings. The van der Waals surface area contributed by atoms with Crippen molar-refractivity contribution in [3.8, 4) is 0 Å². The van der Waals surface area contributed by atoms with Crippen molar-refractivity contribution in [3.63, 3.8) is 0 Å². The molecule has 20 heavy (non-hydrogen) atoms. The van der Waals surface area contributed by atoms with Crippen LogP contribution in [0.15, 0.2) is 35.3 Å². The van der Waals surface area contributed by atoms with E-state index in [-0.39, 0.29) is 11.7 Å². The minimum Gasteiger partial charge on any atom is -0.393 e. The summed E-state index contributed by atoms with van der Waals surface area (Å²) in [6.45, 7) is 1.60. The SMILES string of the molecule is CN(Cc1cc(=O)n2ccccc2n1)CC1CC(O)C1. The Labute approximate surface area is 117 Å². The molecule has 5 heteroatoms. The molecular formula is C15H19N3O2. The number of hydrogen-bond donors (Lipinski definition) is 1. The van der Waals surface area contributed by atoms with Crippen LogP contribution in [0.1, 0.15) is 18.5 Å². The molecule has 1 fully saturated rings. The van der Waals surface area contributed by atoms with E-state index in [0.29, 0.717) is 18.1 Å². The third-order valence-electron chi connectivity index (χ3n) is 3.84. The van der Waals surface area contributed by atoms with Crippen molar-refractivity contribution in [2.75, 3.05) is 13.6 Å². The van der Waals surface area contributed by atoms with Crippen molar-refractivity contribution >= 4 is 5.65 Å². The molecule has 1 N–H and O–H groups in total. The van der Waals surface area contributed by atoms with Gasteiger partial charge in [0.05, 0.1) is 11.8 Å². The number of aliphatic hydroxyl groups is 1. The van der Waals surface area contributed by atoms with Gasteiger partial charge in [0.1, 0.15) is 5.65 Å². The molecule has 0 aromatic carbocycles. The molecule has 3 rings (SSSR count). The zero-order valence-corrected chi connectivity index (χ0v) is 11.6. The Morgan fingerprint density at radius 2 is 2.25 bits per heavy atom. The third kappa shape index (κ3) is 2.73. The fourth-order valence-corrected chi connectivity index (χ4v) is 2.82. The van der Waals surface area contributed by atoms with Crippen LogP contribution in [0.25, 0.3) is 5.65 Å². The van der Waals surface area contributed by atoms with Crippen molar-refractivity contribution in [2.24, 2.45) is 5.92 Å². The van der Waals surface area contributed by atoms with Crippen molar-refractivity contribution in [1.29, 1.82) is 0 Å². The molecule has 0 atom stereocenters. The molecule has 2 heterocycles. The van der Waals surface area contributed by atoms with Crippen LogP contribution in [-0.4, -0.2) is 39.1 Å². The first-order valence-corrected chi connectivity index (χ1v) is 6.96. The number of nitrogens with zero attached hydrogens (tertiary/aromatic N) is 3. The first-order chi connectivity index (χ1) is 9.61. The minimum atomic E-state index is -0.114. The summed E-state index contributed by atoms with van der Waals surface area (Å²) in [5.41, 5.74) is 1.43. The third-order valence-corrected chi connectivity index (χ3v) is 3.84. The summed E-state index contributed by atoms with van der Waals surface area (Å²) in [6, 6.07) is 7.14. The molecule has 0 amide bonds. The highest BCUT2D eigenvalue weighted by molar-refractivity contribution is 5.37. The van der Waals surface area contributed by atoms with E-state index in [1.165, 1.54) is 0 Å². The molecule has 1 aliphatic carbocycles. The predicted octanol–water partition coefficient (Wildman–Crippen LogP) is 0.897. The van der Waals surface area contributed by atoms with Gasteiger partial charge >= 0.3 is 0 Å². The summed E-state index contributed by atoms with van der Waals surface area (Å²) in [5.74, 6) is 0.566. The van der Waals surface area contributed by atoms with Gasteiger partial charge in [-0.05, 0) is 37.9 Å². The quantitative estimate of drug-likeness (QED) is 0.899. The minimum absolute atomic E-state index is 0.0435. The molecule has 2 aromatic heterocycles. The van der Waals surface area contributed by atoms with E-state index in [9.17, 15) is 9.90 Å². The predicted molar refractivity (Wildman–Crippen MR) is 76.5 cm³/mol. The summed E-state index contributed by atoms with van der Waals surface area (Å²) >= 11 is 0. The van der Waals surface area contributed by atoms with Crippen LogP contribution in [0.4, 0.5) is 0 Å². The number of pyridine rings is 1. The Morgan fingerprint density at radius 1 is 1.45 bits per heavy atom. The van der Waals surface area contributed by atoms with Gasteiger partial charge in [-0.2, -0.15) is 0 Å². The van der Waals surface area contributed by atoms with E-state index in [2.05, 4.69) is 9.88 Å². The van der Waals surface area contributed by atoms with Crippen LogP contribution in [0.3, 0.4) is 0 Å². The van der Waals surface area contributed by atoms with Gasteiger partial charge in [-0.3, -0.25) is 9.20 Å². The van der Waals surface area contributed by atoms with Gasteiger partial charge in [-0.25, -0.2) is 4.98 Å². The summed E-state index contributed by atoms with van der Waals surface area (Å²) in [4.78, 5) is 18.7. The average Bonchev–Trinajstić information content (AvgIpc) is 2.37. The van der Waals surface area contributed by atoms with Crippen LogP contribution in [-0.2, 0) is 6.54 Å². The highest BCUT2D eigenvalue weighted by atomic mass is 16.3. The average molecular weight is 273 g/mol. The normalized spacial score (nSPS) is 22.1. The Bertz CT molecular complexity index is 661. The summed E-state index contributed by atoms with van der Waals surface area (Å²) in [7, 11) is 2.03. The standard InChI is InChI=1S/C15H19N3O2/c1-17(9-11-6-13(19)7-11)10-12-8-15(20)18-5-3-2-4-14(18)16-12/h2-5,8,11,13,19H,6-7,9-10H2,1H3. The highest BCUT2D eigenvalue weighted by Crippen LogP contribution is 2.27. The molecule has 1 saturated carbocycles. The number of rotatable bonds is 4. The fraction of sp³-hybridized carbons (Fsp3) is 0.467. The smallest absolute Gasteiger partial charge is 0.258 e. The van der Waals surface area contributed by atoms with Gasteiger partial charge < -0.3 is 10.0 Å². The molecule has 0 spiro atoms. The van der Waals surface area contributed by atoms with E-state index < -0.39 is 0 Å². The molecule has 2 aromatic rings. The van der Waals surface area contributed by atoms with E-state index in [4.69, 9.17) is 0 Å². The van der Waals surface area contributed by atoms with Gasteiger partial charge in [0.2, 0.25) is 0 Å². The molecule has 106 valence electrons. The monoisotopic (exact) mass is 273 g/mol. The van der Waals surface area contributed by atoms with E-state index in [1.54, 1.807) is 16.7 Å². The van der Waals surface area contributed by atoms with Gasteiger partial charge in [0.15, 0.2) is 0 Å². The number of aromatic nitrogens is 2. The van der Waals surface area contributed by atoms with Crippen LogP contribution in [0.2, 0.25) is 0 Å². The molecular weight excluding hydrogens is 254 g/mol. The van der Waals surface area contributed by atoms with Gasteiger partial charge in [-0.15, -0.1) is 0 Å². The fourth-order valence-electron chi connectivity index (χ4n) is 2.82. The zero-order valence-electron chi connectivity index (χ0n) is 11.6. The molecule has 0 unspecified atom stereocenters. The maximum absolute atomic E-state index is 12.0. The van der Waals surface area contributed by atoms with Crippen LogP contribution in [0, 0.1) is 5.92 Å². The highest BCUT2D eigenvalue weighted by Gasteiger charge is 2.27. The summed E-state index contributed by atoms with van der Waals surface area (Å²) in [6.07, 6.45) is 3.39. The summed E-state index contributed by atoms with van der Waals surface area (Å²) < 4.78 is 1.55. The second-order valence-corrected chi connectivity index (χ2v) is 5.70. The maximum Gasteiger partial charge on any atom is 0.258 e. The molecule has 5 nitrogen and oxygen atoms in total. The number of aliphatic hydroxyl groups excluding tert-OH is 1. The lowest BCUT2D eigenvalue weighted by Crippen LogP contribution is -2.37. The van der Waals surface area contributed by atoms with Crippen molar-refractivity contribution < 1.29 is 5.11 Å². The van der Waals surface area contributed by atoms with Crippen LogP contribution >= 0.6 is 0 Å². The van der Waals surface area contributed by atoms with E-state index >= 15 is 0 Å². The lowest BCUT2D eigenvalue weighted by Gasteiger charge is -2.34. The van der Waals surface area contributed by atoms with Crippen molar-refractivity contribution in [1.82, 2.24) is 14.3 Å². The summed E-state index contributed by atoms with van der Waals surface area (Å²) in [5, 5.41) is 9.30. The molecule has 0 aliphatic heterocycles. The second-order valence-electron chi connectivity index (χ2n) is 5.70. The van der Waals surface area contributed by atoms with Crippen molar-refractivity contribution in [2.45, 2.75) is 25.5 Å². The first-order valence-electron chi connectivity index (χ1n) is 6.96. The maximum atomic E-state index is 12.0. The number of hydrogen-bond acceptors (Lipinski definition) is 4. The molecule has 0 bridgehead atoms. The van der Waals surface area contributed by atoms with Gasteiger partial charge in [0, 0.05) is 25.4 Å². The Balaban J connectivity index is 1.72. The molecule has 0 radical (unpaired) electrons. The Hall–Kier alpha value is -1.72. The second kappa shape index (κ2) is 5.34. The van der Waals surface area contributed by atoms with Gasteiger partial charge in [-0.1, -0.05) is 6.07 Å². The Kier molecular flexibility index (Phi) is 3.54.